The van der Waals surface area contributed by atoms with E-state index >= 15 is 0 Å². The molecule has 2 rings (SSSR count). The second kappa shape index (κ2) is 4.41. The molecule has 0 atom stereocenters. The Hall–Kier alpha value is -2.41. The molecule has 0 aliphatic heterocycles. The van der Waals surface area contributed by atoms with E-state index in [4.69, 9.17) is 10.00 Å². The summed E-state index contributed by atoms with van der Waals surface area (Å²) in [5.74, 6) is -0.180. The molecule has 0 amide bonds. The Kier molecular flexibility index (Phi) is 2.79. The summed E-state index contributed by atoms with van der Waals surface area (Å²) in [5.41, 5.74) is 0.230. The van der Waals surface area contributed by atoms with Gasteiger partial charge in [0, 0.05) is 6.07 Å². The van der Waals surface area contributed by atoms with Gasteiger partial charge in [0.2, 0.25) is 5.88 Å². The fourth-order valence-electron chi connectivity index (χ4n) is 1.17. The van der Waals surface area contributed by atoms with E-state index in [1.807, 2.05) is 6.07 Å². The van der Waals surface area contributed by atoms with Gasteiger partial charge >= 0.3 is 0 Å². The third kappa shape index (κ3) is 2.15. The van der Waals surface area contributed by atoms with E-state index in [9.17, 15) is 4.39 Å². The Labute approximate surface area is 91.7 Å². The predicted octanol–water partition coefficient (Wildman–Crippen LogP) is 2.88. The number of hydrogen-bond donors (Lipinski definition) is 0. The summed E-state index contributed by atoms with van der Waals surface area (Å²) in [5, 5.41) is 8.64. The van der Waals surface area contributed by atoms with Crippen LogP contribution in [-0.4, -0.2) is 4.98 Å². The first-order chi connectivity index (χ1) is 7.79. The van der Waals surface area contributed by atoms with Crippen LogP contribution in [0.4, 0.5) is 4.39 Å². The number of nitriles is 1. The highest BCUT2D eigenvalue weighted by Crippen LogP contribution is 2.22. The van der Waals surface area contributed by atoms with Crippen LogP contribution in [0, 0.1) is 17.1 Å². The lowest BCUT2D eigenvalue weighted by Gasteiger charge is -2.04. The molecule has 0 unspecified atom stereocenters. The van der Waals surface area contributed by atoms with Crippen LogP contribution in [0.3, 0.4) is 0 Å². The highest BCUT2D eigenvalue weighted by atomic mass is 19.1. The Balaban J connectivity index is 2.28. The van der Waals surface area contributed by atoms with Crippen LogP contribution in [0.15, 0.2) is 42.5 Å². The van der Waals surface area contributed by atoms with Crippen molar-refractivity contribution in [1.29, 1.82) is 5.26 Å². The van der Waals surface area contributed by atoms with Crippen LogP contribution < -0.4 is 4.74 Å². The molecule has 3 nitrogen and oxygen atoms in total. The molecule has 0 saturated carbocycles. The average Bonchev–Trinajstić information content (AvgIpc) is 2.32. The van der Waals surface area contributed by atoms with Gasteiger partial charge in [0.05, 0.1) is 0 Å². The quantitative estimate of drug-likeness (QED) is 0.772. The molecular weight excluding hydrogens is 207 g/mol. The number of ether oxygens (including phenoxy) is 1. The van der Waals surface area contributed by atoms with Gasteiger partial charge < -0.3 is 4.74 Å². The standard InChI is InChI=1S/C12H7FN2O/c13-10-5-1-2-6-11(10)16-12-7-3-4-9(8-14)15-12/h1-7H. The molecule has 78 valence electrons. The number of para-hydroxylation sites is 1. The number of hydrogen-bond acceptors (Lipinski definition) is 3. The van der Waals surface area contributed by atoms with Gasteiger partial charge in [-0.1, -0.05) is 18.2 Å². The van der Waals surface area contributed by atoms with Crippen molar-refractivity contribution in [3.05, 3.63) is 54.0 Å². The van der Waals surface area contributed by atoms with Crippen molar-refractivity contribution in [2.24, 2.45) is 0 Å². The Morgan fingerprint density at radius 1 is 1.12 bits per heavy atom. The van der Waals surface area contributed by atoms with Gasteiger partial charge in [-0.3, -0.25) is 0 Å². The van der Waals surface area contributed by atoms with Crippen molar-refractivity contribution >= 4 is 0 Å². The number of rotatable bonds is 2. The topological polar surface area (TPSA) is 45.9 Å². The Bertz CT molecular complexity index is 549. The molecule has 1 aromatic carbocycles. The van der Waals surface area contributed by atoms with Crippen molar-refractivity contribution in [3.8, 4) is 17.7 Å². The maximum Gasteiger partial charge on any atom is 0.220 e. The summed E-state index contributed by atoms with van der Waals surface area (Å²) in [4.78, 5) is 3.88. The first kappa shape index (κ1) is 10.1. The van der Waals surface area contributed by atoms with Crippen molar-refractivity contribution in [2.75, 3.05) is 0 Å². The van der Waals surface area contributed by atoms with Gasteiger partial charge in [-0.25, -0.2) is 9.37 Å². The smallest absolute Gasteiger partial charge is 0.220 e. The van der Waals surface area contributed by atoms with Crippen LogP contribution in [0.1, 0.15) is 5.69 Å². The zero-order valence-corrected chi connectivity index (χ0v) is 8.22. The molecule has 1 aromatic heterocycles. The van der Waals surface area contributed by atoms with Gasteiger partial charge in [0.1, 0.15) is 11.8 Å². The summed E-state index contributed by atoms with van der Waals surface area (Å²) in [6.45, 7) is 0. The Morgan fingerprint density at radius 2 is 1.94 bits per heavy atom. The maximum absolute atomic E-state index is 13.2. The van der Waals surface area contributed by atoms with Gasteiger partial charge in [-0.05, 0) is 18.2 Å². The molecule has 1 heterocycles. The summed E-state index contributed by atoms with van der Waals surface area (Å²) in [6, 6.07) is 12.6. The van der Waals surface area contributed by atoms with Crippen molar-refractivity contribution in [1.82, 2.24) is 4.98 Å². The first-order valence-corrected chi connectivity index (χ1v) is 4.59. The summed E-state index contributed by atoms with van der Waals surface area (Å²) < 4.78 is 18.5. The number of halogens is 1. The molecule has 2 aromatic rings. The lowest BCUT2D eigenvalue weighted by atomic mass is 10.3. The van der Waals surface area contributed by atoms with Crippen LogP contribution in [0.2, 0.25) is 0 Å². The van der Waals surface area contributed by atoms with Crippen LogP contribution >= 0.6 is 0 Å². The second-order valence-electron chi connectivity index (χ2n) is 3.01. The molecule has 0 bridgehead atoms. The lowest BCUT2D eigenvalue weighted by molar-refractivity contribution is 0.427. The first-order valence-electron chi connectivity index (χ1n) is 4.59. The number of benzene rings is 1. The summed E-state index contributed by atoms with van der Waals surface area (Å²) in [6.07, 6.45) is 0. The molecule has 0 aliphatic carbocycles. The second-order valence-corrected chi connectivity index (χ2v) is 3.01. The van der Waals surface area contributed by atoms with Gasteiger partial charge in [-0.15, -0.1) is 0 Å². The third-order valence-corrected chi connectivity index (χ3v) is 1.89. The Morgan fingerprint density at radius 3 is 2.69 bits per heavy atom. The molecule has 0 radical (unpaired) electrons. The minimum absolute atomic E-state index is 0.0880. The molecule has 4 heteroatoms. The van der Waals surface area contributed by atoms with E-state index in [1.165, 1.54) is 12.1 Å². The minimum Gasteiger partial charge on any atom is -0.436 e. The molecule has 0 saturated heterocycles. The third-order valence-electron chi connectivity index (χ3n) is 1.89. The molecule has 16 heavy (non-hydrogen) atoms. The predicted molar refractivity (Wildman–Crippen MR) is 55.4 cm³/mol. The normalized spacial score (nSPS) is 9.50. The van der Waals surface area contributed by atoms with E-state index in [2.05, 4.69) is 4.98 Å². The van der Waals surface area contributed by atoms with Gasteiger partial charge in [-0.2, -0.15) is 5.26 Å². The molecule has 0 N–H and O–H groups in total. The highest BCUT2D eigenvalue weighted by molar-refractivity contribution is 5.31. The molecule has 0 aliphatic rings. The fourth-order valence-corrected chi connectivity index (χ4v) is 1.17. The number of nitrogens with zero attached hydrogens (tertiary/aromatic N) is 2. The lowest BCUT2D eigenvalue weighted by Crippen LogP contribution is -1.91. The summed E-state index contributed by atoms with van der Waals surface area (Å²) in [7, 11) is 0. The van der Waals surface area contributed by atoms with Crippen LogP contribution in [0.5, 0.6) is 11.6 Å². The summed E-state index contributed by atoms with van der Waals surface area (Å²) >= 11 is 0. The van der Waals surface area contributed by atoms with Gasteiger partial charge in [0.25, 0.3) is 0 Å². The van der Waals surface area contributed by atoms with Crippen molar-refractivity contribution in [3.63, 3.8) is 0 Å². The van der Waals surface area contributed by atoms with E-state index in [1.54, 1.807) is 30.3 Å². The van der Waals surface area contributed by atoms with Crippen molar-refractivity contribution in [2.45, 2.75) is 0 Å². The monoisotopic (exact) mass is 214 g/mol. The van der Waals surface area contributed by atoms with E-state index < -0.39 is 5.82 Å². The van der Waals surface area contributed by atoms with E-state index in [-0.39, 0.29) is 17.3 Å². The van der Waals surface area contributed by atoms with Crippen LogP contribution in [-0.2, 0) is 0 Å². The van der Waals surface area contributed by atoms with E-state index in [0.29, 0.717) is 0 Å². The zero-order chi connectivity index (χ0) is 11.4. The number of pyridine rings is 1. The van der Waals surface area contributed by atoms with Crippen LogP contribution in [0.25, 0.3) is 0 Å². The van der Waals surface area contributed by atoms with E-state index in [0.717, 1.165) is 0 Å². The minimum atomic E-state index is -0.466. The molecule has 0 spiro atoms. The van der Waals surface area contributed by atoms with Crippen molar-refractivity contribution < 1.29 is 9.13 Å². The average molecular weight is 214 g/mol. The molecular formula is C12H7FN2O. The zero-order valence-electron chi connectivity index (χ0n) is 8.22. The number of aromatic nitrogens is 1. The fraction of sp³-hybridized carbons (Fsp3) is 0. The molecule has 0 fully saturated rings. The SMILES string of the molecule is N#Cc1cccc(Oc2ccccc2F)n1. The maximum atomic E-state index is 13.2. The van der Waals surface area contributed by atoms with Gasteiger partial charge in [0.15, 0.2) is 11.6 Å². The highest BCUT2D eigenvalue weighted by Gasteiger charge is 2.04. The largest absolute Gasteiger partial charge is 0.436 e.